The fourth-order valence-corrected chi connectivity index (χ4v) is 2.17. The van der Waals surface area contributed by atoms with Gasteiger partial charge in [-0.1, -0.05) is 15.9 Å². The minimum Gasteiger partial charge on any atom is -0.270 e. The molecule has 1 aromatic carbocycles. The van der Waals surface area contributed by atoms with Crippen molar-refractivity contribution >= 4 is 55.1 Å². The zero-order valence-corrected chi connectivity index (χ0v) is 10.4. The summed E-state index contributed by atoms with van der Waals surface area (Å²) in [5.74, 6) is 0. The first-order valence-corrected chi connectivity index (χ1v) is 5.44. The van der Waals surface area contributed by atoms with Gasteiger partial charge in [0.2, 0.25) is 0 Å². The molecule has 1 heterocycles. The van der Waals surface area contributed by atoms with Crippen LogP contribution in [-0.2, 0) is 0 Å². The number of benzene rings is 1. The summed E-state index contributed by atoms with van der Waals surface area (Å²) in [6, 6.07) is 3.25. The van der Waals surface area contributed by atoms with Gasteiger partial charge in [-0.15, -0.1) is 0 Å². The monoisotopic (exact) mass is 367 g/mol. The Balaban J connectivity index is 2.88. The van der Waals surface area contributed by atoms with Crippen LogP contribution >= 0.6 is 38.5 Å². The molecular formula is C7H3BrIN3O2. The number of nitrogens with one attached hydrogen (secondary N) is 1. The number of aromatic nitrogens is 2. The maximum atomic E-state index is 10.7. The fraction of sp³-hybridized carbons (Fsp3) is 0. The van der Waals surface area contributed by atoms with Gasteiger partial charge < -0.3 is 0 Å². The first-order valence-electron chi connectivity index (χ1n) is 3.57. The van der Waals surface area contributed by atoms with Crippen LogP contribution in [0.3, 0.4) is 0 Å². The van der Waals surface area contributed by atoms with E-state index in [9.17, 15) is 10.1 Å². The second-order valence-electron chi connectivity index (χ2n) is 2.62. The number of non-ortho nitro benzene ring substituents is 1. The van der Waals surface area contributed by atoms with Gasteiger partial charge in [0.1, 0.15) is 9.22 Å². The van der Waals surface area contributed by atoms with Crippen LogP contribution in [0.25, 0.3) is 10.9 Å². The highest BCUT2D eigenvalue weighted by atomic mass is 127. The molecular weight excluding hydrogens is 365 g/mol. The molecule has 5 nitrogen and oxygen atoms in total. The summed E-state index contributed by atoms with van der Waals surface area (Å²) in [6.07, 6.45) is 0. The third kappa shape index (κ3) is 1.50. The summed E-state index contributed by atoms with van der Waals surface area (Å²) in [5.41, 5.74) is 0.493. The molecule has 0 bridgehead atoms. The van der Waals surface area contributed by atoms with Crippen molar-refractivity contribution in [3.63, 3.8) is 0 Å². The van der Waals surface area contributed by atoms with E-state index in [0.717, 1.165) is 9.09 Å². The lowest BCUT2D eigenvalue weighted by Gasteiger charge is -1.94. The highest BCUT2D eigenvalue weighted by Gasteiger charge is 2.16. The zero-order valence-electron chi connectivity index (χ0n) is 6.62. The van der Waals surface area contributed by atoms with Gasteiger partial charge in [-0.05, 0) is 28.7 Å². The van der Waals surface area contributed by atoms with Crippen molar-refractivity contribution in [1.29, 1.82) is 0 Å². The lowest BCUT2D eigenvalue weighted by atomic mass is 10.2. The third-order valence-electron chi connectivity index (χ3n) is 1.77. The van der Waals surface area contributed by atoms with Gasteiger partial charge in [0.05, 0.1) is 4.92 Å². The molecule has 14 heavy (non-hydrogen) atoms. The van der Waals surface area contributed by atoms with Crippen LogP contribution in [0.5, 0.6) is 0 Å². The molecule has 72 valence electrons. The van der Waals surface area contributed by atoms with Crippen molar-refractivity contribution in [2.24, 2.45) is 0 Å². The summed E-state index contributed by atoms with van der Waals surface area (Å²) in [6.45, 7) is 0. The number of halogens is 2. The number of aromatic amines is 1. The molecule has 7 heteroatoms. The predicted octanol–water partition coefficient (Wildman–Crippen LogP) is 2.84. The van der Waals surface area contributed by atoms with E-state index >= 15 is 0 Å². The van der Waals surface area contributed by atoms with Crippen LogP contribution in [0, 0.1) is 13.8 Å². The number of hydrogen-bond donors (Lipinski definition) is 1. The molecule has 1 aromatic heterocycles. The van der Waals surface area contributed by atoms with Gasteiger partial charge in [0, 0.05) is 15.9 Å². The fourth-order valence-electron chi connectivity index (χ4n) is 1.18. The molecule has 0 spiro atoms. The van der Waals surface area contributed by atoms with Crippen LogP contribution in [0.4, 0.5) is 5.69 Å². The van der Waals surface area contributed by atoms with Crippen LogP contribution in [0.2, 0.25) is 0 Å². The Hall–Kier alpha value is -0.700. The highest BCUT2D eigenvalue weighted by Crippen LogP contribution is 2.30. The molecule has 2 rings (SSSR count). The Morgan fingerprint density at radius 3 is 2.93 bits per heavy atom. The van der Waals surface area contributed by atoms with Crippen molar-refractivity contribution in [2.45, 2.75) is 0 Å². The summed E-state index contributed by atoms with van der Waals surface area (Å²) < 4.78 is 1.40. The number of H-pyrrole nitrogens is 1. The van der Waals surface area contributed by atoms with Crippen molar-refractivity contribution in [1.82, 2.24) is 10.2 Å². The van der Waals surface area contributed by atoms with Gasteiger partial charge in [0.25, 0.3) is 5.69 Å². The second kappa shape index (κ2) is 3.46. The molecule has 0 saturated carbocycles. The van der Waals surface area contributed by atoms with Crippen LogP contribution < -0.4 is 0 Å². The molecule has 0 radical (unpaired) electrons. The van der Waals surface area contributed by atoms with Crippen molar-refractivity contribution in [3.05, 3.63) is 30.4 Å². The average Bonchev–Trinajstić information content (AvgIpc) is 2.47. The molecule has 0 amide bonds. The van der Waals surface area contributed by atoms with E-state index in [4.69, 9.17) is 0 Å². The Labute approximate surface area is 100 Å². The van der Waals surface area contributed by atoms with E-state index in [1.165, 1.54) is 6.07 Å². The lowest BCUT2D eigenvalue weighted by molar-refractivity contribution is -0.383. The smallest absolute Gasteiger partial charge is 0.270 e. The molecule has 0 fully saturated rings. The maximum Gasteiger partial charge on any atom is 0.296 e. The SMILES string of the molecule is O=[N+]([O-])c1cc(Br)cc2c(I)n[nH]c12. The van der Waals surface area contributed by atoms with E-state index < -0.39 is 4.92 Å². The van der Waals surface area contributed by atoms with E-state index in [2.05, 4.69) is 26.1 Å². The number of nitro groups is 1. The largest absolute Gasteiger partial charge is 0.296 e. The maximum absolute atomic E-state index is 10.7. The average molecular weight is 368 g/mol. The van der Waals surface area contributed by atoms with E-state index in [0.29, 0.717) is 9.99 Å². The zero-order chi connectivity index (χ0) is 10.3. The lowest BCUT2D eigenvalue weighted by Crippen LogP contribution is -1.89. The van der Waals surface area contributed by atoms with Gasteiger partial charge in [-0.2, -0.15) is 5.10 Å². The molecule has 1 N–H and O–H groups in total. The number of rotatable bonds is 1. The van der Waals surface area contributed by atoms with E-state index in [-0.39, 0.29) is 5.69 Å². The third-order valence-corrected chi connectivity index (χ3v) is 3.05. The van der Waals surface area contributed by atoms with Crippen molar-refractivity contribution in [2.75, 3.05) is 0 Å². The molecule has 0 atom stereocenters. The summed E-state index contributed by atoms with van der Waals surface area (Å²) in [5, 5.41) is 18.0. The van der Waals surface area contributed by atoms with Crippen molar-refractivity contribution < 1.29 is 4.92 Å². The summed E-state index contributed by atoms with van der Waals surface area (Å²) in [7, 11) is 0. The van der Waals surface area contributed by atoms with E-state index in [1.54, 1.807) is 6.07 Å². The van der Waals surface area contributed by atoms with Crippen LogP contribution in [-0.4, -0.2) is 15.1 Å². The van der Waals surface area contributed by atoms with Gasteiger partial charge in [0.15, 0.2) is 0 Å². The molecule has 0 aliphatic heterocycles. The number of nitrogens with zero attached hydrogens (tertiary/aromatic N) is 2. The minimum absolute atomic E-state index is 0.0322. The second-order valence-corrected chi connectivity index (χ2v) is 4.56. The van der Waals surface area contributed by atoms with E-state index in [1.807, 2.05) is 22.6 Å². The Morgan fingerprint density at radius 2 is 2.29 bits per heavy atom. The quantitative estimate of drug-likeness (QED) is 0.478. The Morgan fingerprint density at radius 1 is 1.57 bits per heavy atom. The summed E-state index contributed by atoms with van der Waals surface area (Å²) in [4.78, 5) is 10.3. The predicted molar refractivity (Wildman–Crippen MR) is 63.2 cm³/mol. The van der Waals surface area contributed by atoms with Crippen molar-refractivity contribution in [3.8, 4) is 0 Å². The normalized spacial score (nSPS) is 10.7. The molecule has 0 unspecified atom stereocenters. The molecule has 0 aliphatic rings. The Bertz CT molecular complexity index is 525. The molecule has 0 saturated heterocycles. The first kappa shape index (κ1) is 9.84. The standard InChI is InChI=1S/C7H3BrIN3O2/c8-3-1-4-6(10-11-7(4)9)5(2-3)12(13)14/h1-2H,(H,10,11). The number of nitro benzene ring substituents is 1. The molecule has 2 aromatic rings. The highest BCUT2D eigenvalue weighted by molar-refractivity contribution is 14.1. The molecule has 0 aliphatic carbocycles. The first-order chi connectivity index (χ1) is 6.59. The minimum atomic E-state index is -0.429. The number of hydrogen-bond acceptors (Lipinski definition) is 3. The number of fused-ring (bicyclic) bond motifs is 1. The van der Waals surface area contributed by atoms with Crippen LogP contribution in [0.1, 0.15) is 0 Å². The Kier molecular flexibility index (Phi) is 2.43. The van der Waals surface area contributed by atoms with Gasteiger partial charge in [-0.25, -0.2) is 0 Å². The van der Waals surface area contributed by atoms with Crippen LogP contribution in [0.15, 0.2) is 16.6 Å². The van der Waals surface area contributed by atoms with Gasteiger partial charge in [-0.3, -0.25) is 15.2 Å². The topological polar surface area (TPSA) is 71.8 Å². The van der Waals surface area contributed by atoms with Gasteiger partial charge >= 0.3 is 0 Å². The summed E-state index contributed by atoms with van der Waals surface area (Å²) >= 11 is 5.25.